The van der Waals surface area contributed by atoms with Gasteiger partial charge in [-0.1, -0.05) is 13.8 Å². The number of halogens is 1. The Morgan fingerprint density at radius 1 is 1.30 bits per heavy atom. The zero-order valence-corrected chi connectivity index (χ0v) is 13.5. The van der Waals surface area contributed by atoms with Crippen LogP contribution in [-0.2, 0) is 6.61 Å². The fourth-order valence-corrected chi connectivity index (χ4v) is 2.88. The van der Waals surface area contributed by atoms with Gasteiger partial charge in [-0.15, -0.1) is 10.2 Å². The number of likely N-dealkylation sites (tertiary alicyclic amines) is 1. The van der Waals surface area contributed by atoms with Crippen molar-refractivity contribution in [3.63, 3.8) is 0 Å². The lowest BCUT2D eigenvalue weighted by atomic mass is 10.1. The molecular formula is C17H22FN3O2. The van der Waals surface area contributed by atoms with E-state index in [1.165, 1.54) is 12.1 Å². The van der Waals surface area contributed by atoms with Crippen LogP contribution >= 0.6 is 0 Å². The summed E-state index contributed by atoms with van der Waals surface area (Å²) < 4.78 is 24.1. The van der Waals surface area contributed by atoms with E-state index in [-0.39, 0.29) is 12.4 Å². The van der Waals surface area contributed by atoms with Crippen LogP contribution in [0.2, 0.25) is 0 Å². The molecule has 5 nitrogen and oxygen atoms in total. The molecule has 0 spiro atoms. The first-order chi connectivity index (χ1) is 11.1. The van der Waals surface area contributed by atoms with Crippen molar-refractivity contribution in [3.05, 3.63) is 41.9 Å². The fraction of sp³-hybridized carbons (Fsp3) is 0.529. The Bertz CT molecular complexity index is 627. The van der Waals surface area contributed by atoms with Crippen molar-refractivity contribution in [2.75, 3.05) is 19.6 Å². The van der Waals surface area contributed by atoms with Crippen molar-refractivity contribution >= 4 is 0 Å². The number of nitrogens with zero attached hydrogens (tertiary/aromatic N) is 3. The summed E-state index contributed by atoms with van der Waals surface area (Å²) in [6.45, 7) is 7.80. The molecule has 23 heavy (non-hydrogen) atoms. The first-order valence-electron chi connectivity index (χ1n) is 8.03. The molecule has 6 heteroatoms. The maximum atomic E-state index is 12.8. The highest BCUT2D eigenvalue weighted by atomic mass is 19.1. The predicted molar refractivity (Wildman–Crippen MR) is 83.7 cm³/mol. The standard InChI is InChI=1S/C17H22FN3O2/c1-12(2)9-21-8-7-13(10-21)17-20-19-16(23-17)11-22-15-5-3-14(18)4-6-15/h3-6,12-13H,7-11H2,1-2H3/t13-/m0/s1. The van der Waals surface area contributed by atoms with E-state index in [4.69, 9.17) is 9.15 Å². The first-order valence-corrected chi connectivity index (χ1v) is 8.03. The van der Waals surface area contributed by atoms with Crippen LogP contribution in [0, 0.1) is 11.7 Å². The Hall–Kier alpha value is -1.95. The molecule has 2 aromatic rings. The fourth-order valence-electron chi connectivity index (χ4n) is 2.88. The lowest BCUT2D eigenvalue weighted by Crippen LogP contribution is -2.24. The van der Waals surface area contributed by atoms with Crippen molar-refractivity contribution in [3.8, 4) is 5.75 Å². The van der Waals surface area contributed by atoms with Gasteiger partial charge < -0.3 is 14.1 Å². The van der Waals surface area contributed by atoms with Gasteiger partial charge in [-0.2, -0.15) is 0 Å². The molecule has 1 aromatic heterocycles. The van der Waals surface area contributed by atoms with Crippen LogP contribution < -0.4 is 4.74 Å². The van der Waals surface area contributed by atoms with Crippen molar-refractivity contribution < 1.29 is 13.5 Å². The third kappa shape index (κ3) is 4.28. The van der Waals surface area contributed by atoms with Crippen LogP contribution in [0.25, 0.3) is 0 Å². The highest BCUT2D eigenvalue weighted by Crippen LogP contribution is 2.26. The molecule has 1 aliphatic heterocycles. The predicted octanol–water partition coefficient (Wildman–Crippen LogP) is 3.23. The second-order valence-corrected chi connectivity index (χ2v) is 6.42. The quantitative estimate of drug-likeness (QED) is 0.818. The van der Waals surface area contributed by atoms with Gasteiger partial charge in [0.25, 0.3) is 5.89 Å². The topological polar surface area (TPSA) is 51.4 Å². The Morgan fingerprint density at radius 2 is 2.09 bits per heavy atom. The summed E-state index contributed by atoms with van der Waals surface area (Å²) in [5.74, 6) is 2.40. The smallest absolute Gasteiger partial charge is 0.253 e. The van der Waals surface area contributed by atoms with Crippen molar-refractivity contribution in [2.45, 2.75) is 32.8 Å². The normalized spacial score (nSPS) is 18.7. The molecule has 0 amide bonds. The van der Waals surface area contributed by atoms with E-state index < -0.39 is 0 Å². The molecule has 1 aliphatic rings. The number of aromatic nitrogens is 2. The Labute approximate surface area is 135 Å². The number of rotatable bonds is 6. The first kappa shape index (κ1) is 15.9. The van der Waals surface area contributed by atoms with Gasteiger partial charge in [0.05, 0.1) is 5.92 Å². The molecule has 0 unspecified atom stereocenters. The highest BCUT2D eigenvalue weighted by molar-refractivity contribution is 5.22. The van der Waals surface area contributed by atoms with Gasteiger partial charge in [0.1, 0.15) is 11.6 Å². The zero-order valence-electron chi connectivity index (χ0n) is 13.5. The molecule has 0 aliphatic carbocycles. The molecule has 1 fully saturated rings. The molecule has 3 rings (SSSR count). The van der Waals surface area contributed by atoms with Gasteiger partial charge in [0, 0.05) is 13.1 Å². The van der Waals surface area contributed by atoms with E-state index in [2.05, 4.69) is 28.9 Å². The van der Waals surface area contributed by atoms with Gasteiger partial charge in [0.15, 0.2) is 6.61 Å². The SMILES string of the molecule is CC(C)CN1CC[C@H](c2nnc(COc3ccc(F)cc3)o2)C1. The number of benzene rings is 1. The van der Waals surface area contributed by atoms with Crippen LogP contribution in [0.15, 0.2) is 28.7 Å². The monoisotopic (exact) mass is 319 g/mol. The van der Waals surface area contributed by atoms with E-state index >= 15 is 0 Å². The summed E-state index contributed by atoms with van der Waals surface area (Å²) in [5, 5.41) is 8.20. The summed E-state index contributed by atoms with van der Waals surface area (Å²) in [4.78, 5) is 2.44. The Morgan fingerprint density at radius 3 is 2.83 bits per heavy atom. The molecule has 0 bridgehead atoms. The van der Waals surface area contributed by atoms with Gasteiger partial charge in [-0.25, -0.2) is 4.39 Å². The summed E-state index contributed by atoms with van der Waals surface area (Å²) in [7, 11) is 0. The van der Waals surface area contributed by atoms with E-state index in [1.807, 2.05) is 0 Å². The minimum absolute atomic E-state index is 0.195. The number of hydrogen-bond donors (Lipinski definition) is 0. The summed E-state index contributed by atoms with van der Waals surface area (Å²) in [6, 6.07) is 5.87. The van der Waals surface area contributed by atoms with Crippen LogP contribution in [0.4, 0.5) is 4.39 Å². The molecular weight excluding hydrogens is 297 g/mol. The van der Waals surface area contributed by atoms with E-state index in [9.17, 15) is 4.39 Å². The largest absolute Gasteiger partial charge is 0.484 e. The molecule has 1 atom stereocenters. The van der Waals surface area contributed by atoms with Crippen LogP contribution in [0.1, 0.15) is 38.0 Å². The maximum absolute atomic E-state index is 12.8. The van der Waals surface area contributed by atoms with Crippen molar-refractivity contribution in [2.24, 2.45) is 5.92 Å². The minimum Gasteiger partial charge on any atom is -0.484 e. The third-order valence-corrected chi connectivity index (χ3v) is 3.90. The molecule has 1 saturated heterocycles. The average Bonchev–Trinajstić information content (AvgIpc) is 3.15. The van der Waals surface area contributed by atoms with Crippen molar-refractivity contribution in [1.29, 1.82) is 0 Å². The second-order valence-electron chi connectivity index (χ2n) is 6.42. The molecule has 0 saturated carbocycles. The molecule has 2 heterocycles. The zero-order chi connectivity index (χ0) is 16.2. The summed E-state index contributed by atoms with van der Waals surface area (Å²) in [5.41, 5.74) is 0. The van der Waals surface area contributed by atoms with Crippen molar-refractivity contribution in [1.82, 2.24) is 15.1 Å². The summed E-state index contributed by atoms with van der Waals surface area (Å²) >= 11 is 0. The minimum atomic E-state index is -0.287. The lowest BCUT2D eigenvalue weighted by Gasteiger charge is -2.17. The van der Waals surface area contributed by atoms with Crippen LogP contribution in [0.5, 0.6) is 5.75 Å². The van der Waals surface area contributed by atoms with Gasteiger partial charge >= 0.3 is 0 Å². The molecule has 0 radical (unpaired) electrons. The average molecular weight is 319 g/mol. The van der Waals surface area contributed by atoms with E-state index in [0.717, 1.165) is 26.1 Å². The number of hydrogen-bond acceptors (Lipinski definition) is 5. The van der Waals surface area contributed by atoms with Gasteiger partial charge in [-0.05, 0) is 43.1 Å². The third-order valence-electron chi connectivity index (χ3n) is 3.90. The van der Waals surface area contributed by atoms with Crippen LogP contribution in [-0.4, -0.2) is 34.7 Å². The lowest BCUT2D eigenvalue weighted by molar-refractivity contribution is 0.253. The highest BCUT2D eigenvalue weighted by Gasteiger charge is 2.28. The molecule has 0 N–H and O–H groups in total. The van der Waals surface area contributed by atoms with Gasteiger partial charge in [-0.3, -0.25) is 0 Å². The van der Waals surface area contributed by atoms with E-state index in [0.29, 0.717) is 29.4 Å². The second kappa shape index (κ2) is 7.08. The van der Waals surface area contributed by atoms with Gasteiger partial charge in [0.2, 0.25) is 5.89 Å². The molecule has 124 valence electrons. The van der Waals surface area contributed by atoms with E-state index in [1.54, 1.807) is 12.1 Å². The number of ether oxygens (including phenoxy) is 1. The Kier molecular flexibility index (Phi) is 4.91. The summed E-state index contributed by atoms with van der Waals surface area (Å²) in [6.07, 6.45) is 1.05. The molecule has 1 aromatic carbocycles. The van der Waals surface area contributed by atoms with Crippen LogP contribution in [0.3, 0.4) is 0 Å². The Balaban J connectivity index is 1.53. The maximum Gasteiger partial charge on any atom is 0.253 e.